The van der Waals surface area contributed by atoms with Crippen molar-refractivity contribution in [2.75, 3.05) is 6.54 Å². The summed E-state index contributed by atoms with van der Waals surface area (Å²) in [5, 5.41) is 2.86. The highest BCUT2D eigenvalue weighted by atomic mass is 19.4. The van der Waals surface area contributed by atoms with Crippen LogP contribution >= 0.6 is 0 Å². The molecule has 3 aromatic rings. The molecule has 0 radical (unpaired) electrons. The molecule has 182 valence electrons. The quantitative estimate of drug-likeness (QED) is 0.536. The number of imidazole rings is 1. The molecule has 1 aliphatic heterocycles. The third-order valence-corrected chi connectivity index (χ3v) is 6.78. The summed E-state index contributed by atoms with van der Waals surface area (Å²) in [7, 11) is 0. The number of hydrogen-bond acceptors (Lipinski definition) is 4. The van der Waals surface area contributed by atoms with Crippen molar-refractivity contribution in [2.45, 2.75) is 37.9 Å². The van der Waals surface area contributed by atoms with Crippen LogP contribution in [0.15, 0.2) is 48.5 Å². The first-order valence-electron chi connectivity index (χ1n) is 11.5. The molecule has 1 aromatic heterocycles. The summed E-state index contributed by atoms with van der Waals surface area (Å²) >= 11 is 0. The number of H-pyrrole nitrogens is 1. The zero-order valence-corrected chi connectivity index (χ0v) is 18.6. The second kappa shape index (κ2) is 8.83. The first-order chi connectivity index (χ1) is 16.7. The number of nitrogens with zero attached hydrogens (tertiary/aromatic N) is 2. The Hall–Kier alpha value is -3.69. The molecule has 7 nitrogen and oxygen atoms in total. The molecule has 1 aliphatic carbocycles. The number of amides is 3. The van der Waals surface area contributed by atoms with Gasteiger partial charge in [0, 0.05) is 0 Å². The summed E-state index contributed by atoms with van der Waals surface area (Å²) in [4.78, 5) is 45.5. The minimum atomic E-state index is -4.61. The maximum atomic E-state index is 13.1. The van der Waals surface area contributed by atoms with Crippen LogP contribution in [0.5, 0.6) is 0 Å². The number of alkyl halides is 3. The van der Waals surface area contributed by atoms with E-state index in [-0.39, 0.29) is 34.7 Å². The summed E-state index contributed by atoms with van der Waals surface area (Å²) in [6.07, 6.45) is -1.52. The van der Waals surface area contributed by atoms with E-state index < -0.39 is 30.5 Å². The average molecular weight is 484 g/mol. The molecule has 3 unspecified atom stereocenters. The van der Waals surface area contributed by atoms with Crippen LogP contribution in [0, 0.1) is 11.8 Å². The third kappa shape index (κ3) is 4.40. The van der Waals surface area contributed by atoms with E-state index in [2.05, 4.69) is 15.3 Å². The normalized spacial score (nSPS) is 21.3. The number of rotatable bonds is 5. The van der Waals surface area contributed by atoms with Crippen molar-refractivity contribution in [3.8, 4) is 0 Å². The van der Waals surface area contributed by atoms with Gasteiger partial charge in [0.25, 0.3) is 0 Å². The van der Waals surface area contributed by atoms with Crippen LogP contribution in [0.3, 0.4) is 0 Å². The van der Waals surface area contributed by atoms with Crippen molar-refractivity contribution in [1.29, 1.82) is 0 Å². The van der Waals surface area contributed by atoms with Crippen LogP contribution in [-0.4, -0.2) is 39.1 Å². The van der Waals surface area contributed by atoms with Crippen molar-refractivity contribution >= 4 is 28.8 Å². The second-order valence-corrected chi connectivity index (χ2v) is 9.03. The van der Waals surface area contributed by atoms with E-state index in [4.69, 9.17) is 0 Å². The van der Waals surface area contributed by atoms with Gasteiger partial charge in [0.2, 0.25) is 23.5 Å². The first-order valence-corrected chi connectivity index (χ1v) is 11.5. The van der Waals surface area contributed by atoms with E-state index in [0.717, 1.165) is 17.7 Å². The smallest absolute Gasteiger partial charge is 0.344 e. The predicted octanol–water partition coefficient (Wildman–Crippen LogP) is 3.96. The topological polar surface area (TPSA) is 95.2 Å². The molecule has 3 amide bonds. The van der Waals surface area contributed by atoms with Gasteiger partial charge >= 0.3 is 6.18 Å². The molecule has 35 heavy (non-hydrogen) atoms. The van der Waals surface area contributed by atoms with Crippen LogP contribution in [0.4, 0.5) is 13.2 Å². The highest BCUT2D eigenvalue weighted by molar-refractivity contribution is 6.07. The van der Waals surface area contributed by atoms with E-state index in [1.165, 1.54) is 12.1 Å². The van der Waals surface area contributed by atoms with Crippen LogP contribution in [0.2, 0.25) is 0 Å². The molecule has 2 N–H and O–H groups in total. The van der Waals surface area contributed by atoms with Gasteiger partial charge in [-0.1, -0.05) is 49.2 Å². The molecule has 2 heterocycles. The van der Waals surface area contributed by atoms with Gasteiger partial charge in [-0.25, -0.2) is 4.98 Å². The standard InChI is InChI=1S/C25H23F3N4O3/c26-25(27,28)24-29-18-11-10-15(12-19(18)30-24)21(14-6-2-1-3-7-14)31-20(33)13-32-22(34)16-8-4-5-9-17(16)23(32)35/h1-3,6-7,10-12,16-17,21H,4-5,8-9,13H2,(H,29,30)(H,31,33). The van der Waals surface area contributed by atoms with E-state index in [1.807, 2.05) is 0 Å². The molecule has 2 fully saturated rings. The molecule has 3 atom stereocenters. The van der Waals surface area contributed by atoms with Crippen molar-refractivity contribution in [3.63, 3.8) is 0 Å². The lowest BCUT2D eigenvalue weighted by atomic mass is 9.81. The molecule has 2 aliphatic rings. The summed E-state index contributed by atoms with van der Waals surface area (Å²) in [5.41, 5.74) is 1.56. The number of carbonyl (C=O) groups is 3. The Labute approximate surface area is 198 Å². The Balaban J connectivity index is 1.41. The molecule has 5 rings (SSSR count). The zero-order valence-electron chi connectivity index (χ0n) is 18.6. The molecule has 2 aromatic carbocycles. The number of aromatic amines is 1. The largest absolute Gasteiger partial charge is 0.449 e. The SMILES string of the molecule is O=C(CN1C(=O)C2CCCCC2C1=O)NC(c1ccccc1)c1ccc2nc(C(F)(F)F)[nH]c2c1. The molecular formula is C25H23F3N4O3. The predicted molar refractivity (Wildman–Crippen MR) is 120 cm³/mol. The number of halogens is 3. The third-order valence-electron chi connectivity index (χ3n) is 6.78. The Morgan fingerprint density at radius 2 is 1.69 bits per heavy atom. The van der Waals surface area contributed by atoms with E-state index in [1.54, 1.807) is 36.4 Å². The van der Waals surface area contributed by atoms with Crippen molar-refractivity contribution in [2.24, 2.45) is 11.8 Å². The lowest BCUT2D eigenvalue weighted by Crippen LogP contribution is -2.42. The molecule has 10 heteroatoms. The minimum absolute atomic E-state index is 0.148. The molecule has 1 saturated heterocycles. The van der Waals surface area contributed by atoms with Crippen LogP contribution in [0.1, 0.15) is 48.7 Å². The number of nitrogens with one attached hydrogen (secondary N) is 2. The van der Waals surface area contributed by atoms with Gasteiger partial charge in [-0.05, 0) is 36.1 Å². The first kappa shape index (κ1) is 23.1. The lowest BCUT2D eigenvalue weighted by Gasteiger charge is -2.22. The molecule has 0 spiro atoms. The number of hydrogen-bond donors (Lipinski definition) is 2. The van der Waals surface area contributed by atoms with Crippen LogP contribution < -0.4 is 5.32 Å². The Bertz CT molecular complexity index is 1260. The Morgan fingerprint density at radius 1 is 1.03 bits per heavy atom. The minimum Gasteiger partial charge on any atom is -0.344 e. The Morgan fingerprint density at radius 3 is 2.31 bits per heavy atom. The number of imide groups is 1. The fraction of sp³-hybridized carbons (Fsp3) is 0.360. The fourth-order valence-corrected chi connectivity index (χ4v) is 5.08. The highest BCUT2D eigenvalue weighted by Crippen LogP contribution is 2.38. The zero-order chi connectivity index (χ0) is 24.7. The van der Waals surface area contributed by atoms with Gasteiger partial charge in [-0.3, -0.25) is 19.3 Å². The maximum absolute atomic E-state index is 13.1. The van der Waals surface area contributed by atoms with Crippen molar-refractivity contribution in [3.05, 3.63) is 65.5 Å². The summed E-state index contributed by atoms with van der Waals surface area (Å²) in [5.74, 6) is -2.93. The number of aromatic nitrogens is 2. The summed E-state index contributed by atoms with van der Waals surface area (Å²) < 4.78 is 39.2. The molecule has 1 saturated carbocycles. The van der Waals surface area contributed by atoms with Crippen molar-refractivity contribution < 1.29 is 27.6 Å². The van der Waals surface area contributed by atoms with Gasteiger partial charge in [-0.15, -0.1) is 0 Å². The summed E-state index contributed by atoms with van der Waals surface area (Å²) in [6.45, 7) is -0.390. The van der Waals surface area contributed by atoms with E-state index >= 15 is 0 Å². The fourth-order valence-electron chi connectivity index (χ4n) is 5.08. The van der Waals surface area contributed by atoms with Crippen LogP contribution in [0.25, 0.3) is 11.0 Å². The average Bonchev–Trinajstić information content (AvgIpc) is 3.38. The number of likely N-dealkylation sites (tertiary alicyclic amines) is 1. The lowest BCUT2D eigenvalue weighted by molar-refractivity contribution is -0.144. The highest BCUT2D eigenvalue weighted by Gasteiger charge is 2.48. The number of fused-ring (bicyclic) bond motifs is 2. The summed E-state index contributed by atoms with van der Waals surface area (Å²) in [6, 6.07) is 12.8. The van der Waals surface area contributed by atoms with Gasteiger partial charge < -0.3 is 10.3 Å². The second-order valence-electron chi connectivity index (χ2n) is 9.03. The van der Waals surface area contributed by atoms with Gasteiger partial charge in [0.15, 0.2) is 0 Å². The van der Waals surface area contributed by atoms with E-state index in [9.17, 15) is 27.6 Å². The monoisotopic (exact) mass is 484 g/mol. The number of carbonyl (C=O) groups excluding carboxylic acids is 3. The maximum Gasteiger partial charge on any atom is 0.449 e. The Kier molecular flexibility index (Phi) is 5.82. The van der Waals surface area contributed by atoms with E-state index in [0.29, 0.717) is 24.0 Å². The van der Waals surface area contributed by atoms with Crippen molar-refractivity contribution in [1.82, 2.24) is 20.2 Å². The van der Waals surface area contributed by atoms with Gasteiger partial charge in [0.05, 0.1) is 28.9 Å². The van der Waals surface area contributed by atoms with Crippen LogP contribution in [-0.2, 0) is 20.6 Å². The number of benzene rings is 2. The van der Waals surface area contributed by atoms with Gasteiger partial charge in [0.1, 0.15) is 6.54 Å². The van der Waals surface area contributed by atoms with Gasteiger partial charge in [-0.2, -0.15) is 13.2 Å². The molecular weight excluding hydrogens is 461 g/mol. The molecule has 0 bridgehead atoms.